The Bertz CT molecular complexity index is 162. The Labute approximate surface area is 54.1 Å². The predicted octanol–water partition coefficient (Wildman–Crippen LogP) is 0.591. The van der Waals surface area contributed by atoms with Crippen LogP contribution in [-0.2, 0) is 0 Å². The maximum absolute atomic E-state index is 10.6. The minimum Gasteiger partial charge on any atom is -0.332 e. The molecule has 0 saturated carbocycles. The fourth-order valence-electron chi connectivity index (χ4n) is 0.657. The first kappa shape index (κ1) is 6.13. The molecule has 0 aromatic rings. The smallest absolute Gasteiger partial charge is 0.319 e. The minimum absolute atomic E-state index is 0.117. The van der Waals surface area contributed by atoms with E-state index in [0.717, 1.165) is 5.57 Å². The molecule has 2 amide bonds. The molecule has 0 fully saturated rings. The van der Waals surface area contributed by atoms with Crippen LogP contribution in [0.5, 0.6) is 0 Å². The highest BCUT2D eigenvalue weighted by Gasteiger charge is 2.11. The summed E-state index contributed by atoms with van der Waals surface area (Å²) in [5, 5.41) is 5.26. The van der Waals surface area contributed by atoms with E-state index in [9.17, 15) is 4.79 Å². The Hall–Kier alpha value is -0.990. The molecule has 0 aromatic carbocycles. The Morgan fingerprint density at radius 1 is 1.67 bits per heavy atom. The lowest BCUT2D eigenvalue weighted by Gasteiger charge is -2.19. The average Bonchev–Trinajstić information content (AvgIpc) is 1.80. The van der Waals surface area contributed by atoms with Crippen molar-refractivity contribution in [1.29, 1.82) is 0 Å². The van der Waals surface area contributed by atoms with Crippen LogP contribution < -0.4 is 10.6 Å². The molecule has 1 aliphatic heterocycles. The van der Waals surface area contributed by atoms with Crippen molar-refractivity contribution < 1.29 is 4.79 Å². The molecule has 0 spiro atoms. The van der Waals surface area contributed by atoms with Gasteiger partial charge >= 0.3 is 6.03 Å². The molecule has 0 saturated heterocycles. The molecule has 2 N–H and O–H groups in total. The van der Waals surface area contributed by atoms with Crippen LogP contribution in [0.25, 0.3) is 0 Å². The normalized spacial score (nSPS) is 26.2. The van der Waals surface area contributed by atoms with Crippen molar-refractivity contribution >= 4 is 6.03 Å². The lowest BCUT2D eigenvalue weighted by molar-refractivity contribution is 0.240. The van der Waals surface area contributed by atoms with Crippen LogP contribution in [0.3, 0.4) is 0 Å². The Morgan fingerprint density at radius 3 is 2.78 bits per heavy atom. The van der Waals surface area contributed by atoms with Crippen LogP contribution in [0, 0.1) is 0 Å². The fraction of sp³-hybridized carbons (Fsp3) is 0.500. The zero-order valence-corrected chi connectivity index (χ0v) is 5.56. The van der Waals surface area contributed by atoms with Crippen molar-refractivity contribution in [2.75, 3.05) is 0 Å². The molecular weight excluding hydrogens is 116 g/mol. The summed E-state index contributed by atoms with van der Waals surface area (Å²) < 4.78 is 0. The summed E-state index contributed by atoms with van der Waals surface area (Å²) in [6.07, 6.45) is 1.73. The third-order valence-corrected chi connectivity index (χ3v) is 1.46. The topological polar surface area (TPSA) is 41.1 Å². The van der Waals surface area contributed by atoms with E-state index in [2.05, 4.69) is 10.6 Å². The zero-order valence-electron chi connectivity index (χ0n) is 5.56. The molecule has 3 nitrogen and oxygen atoms in total. The lowest BCUT2D eigenvalue weighted by atomic mass is 10.1. The van der Waals surface area contributed by atoms with E-state index in [1.165, 1.54) is 0 Å². The van der Waals surface area contributed by atoms with E-state index in [1.807, 2.05) is 13.8 Å². The molecule has 0 aliphatic carbocycles. The zero-order chi connectivity index (χ0) is 6.85. The van der Waals surface area contributed by atoms with Gasteiger partial charge in [-0.1, -0.05) is 0 Å². The molecule has 0 radical (unpaired) electrons. The first-order chi connectivity index (χ1) is 4.20. The van der Waals surface area contributed by atoms with Crippen molar-refractivity contribution in [1.82, 2.24) is 10.6 Å². The summed E-state index contributed by atoms with van der Waals surface area (Å²) in [7, 11) is 0. The van der Waals surface area contributed by atoms with Gasteiger partial charge in [0.2, 0.25) is 0 Å². The van der Waals surface area contributed by atoms with Gasteiger partial charge in [-0.25, -0.2) is 4.79 Å². The highest BCUT2D eigenvalue weighted by molar-refractivity contribution is 5.77. The number of hydrogen-bond donors (Lipinski definition) is 2. The van der Waals surface area contributed by atoms with Crippen LogP contribution in [0.15, 0.2) is 11.8 Å². The van der Waals surface area contributed by atoms with E-state index in [-0.39, 0.29) is 12.1 Å². The van der Waals surface area contributed by atoms with Gasteiger partial charge in [-0.2, -0.15) is 0 Å². The van der Waals surface area contributed by atoms with Crippen molar-refractivity contribution in [3.05, 3.63) is 11.8 Å². The predicted molar refractivity (Wildman–Crippen MR) is 34.9 cm³/mol. The number of carbonyl (C=O) groups excluding carboxylic acids is 1. The highest BCUT2D eigenvalue weighted by Crippen LogP contribution is 2.01. The molecule has 50 valence electrons. The highest BCUT2D eigenvalue weighted by atomic mass is 16.2. The van der Waals surface area contributed by atoms with Crippen LogP contribution in [-0.4, -0.2) is 12.1 Å². The molecule has 1 rings (SSSR count). The Kier molecular flexibility index (Phi) is 1.42. The number of urea groups is 1. The maximum atomic E-state index is 10.6. The monoisotopic (exact) mass is 126 g/mol. The largest absolute Gasteiger partial charge is 0.332 e. The summed E-state index contributed by atoms with van der Waals surface area (Å²) >= 11 is 0. The quantitative estimate of drug-likeness (QED) is 0.490. The SMILES string of the molecule is CC1=CNC(=O)NC1C. The third kappa shape index (κ3) is 1.22. The minimum atomic E-state index is -0.117. The van der Waals surface area contributed by atoms with Crippen LogP contribution in [0.2, 0.25) is 0 Å². The van der Waals surface area contributed by atoms with E-state index in [0.29, 0.717) is 0 Å². The van der Waals surface area contributed by atoms with Gasteiger partial charge in [0.25, 0.3) is 0 Å². The van der Waals surface area contributed by atoms with Gasteiger partial charge in [0.05, 0.1) is 6.04 Å². The molecule has 1 unspecified atom stereocenters. The summed E-state index contributed by atoms with van der Waals surface area (Å²) in [5.41, 5.74) is 1.15. The molecule has 1 heterocycles. The fourth-order valence-corrected chi connectivity index (χ4v) is 0.657. The molecule has 1 atom stereocenters. The maximum Gasteiger partial charge on any atom is 0.319 e. The lowest BCUT2D eigenvalue weighted by Crippen LogP contribution is -2.43. The van der Waals surface area contributed by atoms with Gasteiger partial charge in [0.15, 0.2) is 0 Å². The van der Waals surface area contributed by atoms with E-state index in [4.69, 9.17) is 0 Å². The van der Waals surface area contributed by atoms with E-state index >= 15 is 0 Å². The molecule has 0 bridgehead atoms. The van der Waals surface area contributed by atoms with Gasteiger partial charge in [-0.15, -0.1) is 0 Å². The summed E-state index contributed by atoms with van der Waals surface area (Å²) in [6, 6.07) is 0.0619. The number of carbonyl (C=O) groups is 1. The van der Waals surface area contributed by atoms with Crippen LogP contribution in [0.1, 0.15) is 13.8 Å². The van der Waals surface area contributed by atoms with Crippen molar-refractivity contribution in [3.8, 4) is 0 Å². The second kappa shape index (κ2) is 2.09. The molecule has 1 aliphatic rings. The second-order valence-electron chi connectivity index (χ2n) is 2.23. The average molecular weight is 126 g/mol. The van der Waals surface area contributed by atoms with Gasteiger partial charge < -0.3 is 10.6 Å². The van der Waals surface area contributed by atoms with Gasteiger partial charge in [0.1, 0.15) is 0 Å². The number of hydrogen-bond acceptors (Lipinski definition) is 1. The number of nitrogens with one attached hydrogen (secondary N) is 2. The first-order valence-electron chi connectivity index (χ1n) is 2.94. The molecule has 3 heteroatoms. The summed E-state index contributed by atoms with van der Waals surface area (Å²) in [4.78, 5) is 10.6. The van der Waals surface area contributed by atoms with Gasteiger partial charge in [-0.05, 0) is 19.4 Å². The van der Waals surface area contributed by atoms with Gasteiger partial charge in [0, 0.05) is 6.20 Å². The van der Waals surface area contributed by atoms with E-state index in [1.54, 1.807) is 6.20 Å². The Balaban J connectivity index is 2.67. The second-order valence-corrected chi connectivity index (χ2v) is 2.23. The number of rotatable bonds is 0. The van der Waals surface area contributed by atoms with Crippen molar-refractivity contribution in [3.63, 3.8) is 0 Å². The molecule has 0 aromatic heterocycles. The van der Waals surface area contributed by atoms with Crippen LogP contribution in [0.4, 0.5) is 4.79 Å². The Morgan fingerprint density at radius 2 is 2.33 bits per heavy atom. The van der Waals surface area contributed by atoms with Crippen molar-refractivity contribution in [2.45, 2.75) is 19.9 Å². The first-order valence-corrected chi connectivity index (χ1v) is 2.94. The van der Waals surface area contributed by atoms with E-state index < -0.39 is 0 Å². The third-order valence-electron chi connectivity index (χ3n) is 1.46. The molecule has 9 heavy (non-hydrogen) atoms. The van der Waals surface area contributed by atoms with Gasteiger partial charge in [-0.3, -0.25) is 0 Å². The number of amides is 2. The van der Waals surface area contributed by atoms with Crippen molar-refractivity contribution in [2.24, 2.45) is 0 Å². The van der Waals surface area contributed by atoms with Crippen LogP contribution >= 0.6 is 0 Å². The standard InChI is InChI=1S/C6H10N2O/c1-4-3-7-6(9)8-5(4)2/h3,5H,1-2H3,(H2,7,8,9). The summed E-state index contributed by atoms with van der Waals surface area (Å²) in [6.45, 7) is 3.92. The molecular formula is C6H10N2O. The summed E-state index contributed by atoms with van der Waals surface area (Å²) in [5.74, 6) is 0.